The monoisotopic (exact) mass is 804 g/mol. The third kappa shape index (κ3) is 12.0. The second kappa shape index (κ2) is 19.9. The molecule has 0 aliphatic carbocycles. The lowest BCUT2D eigenvalue weighted by Gasteiger charge is -2.37. The van der Waals surface area contributed by atoms with E-state index in [1.807, 2.05) is 24.3 Å². The van der Waals surface area contributed by atoms with Gasteiger partial charge < -0.3 is 45.1 Å². The van der Waals surface area contributed by atoms with Gasteiger partial charge in [-0.05, 0) is 56.5 Å². The molecule has 3 aliphatic heterocycles. The van der Waals surface area contributed by atoms with Crippen molar-refractivity contribution in [3.8, 4) is 0 Å². The fraction of sp³-hybridized carbons (Fsp3) is 0.462. The number of nitrogens with zero attached hydrogens (tertiary/aromatic N) is 4. The molecule has 6 rings (SSSR count). The minimum Gasteiger partial charge on any atom is -0.377 e. The van der Waals surface area contributed by atoms with Crippen LogP contribution in [0.3, 0.4) is 0 Å². The van der Waals surface area contributed by atoms with Crippen LogP contribution in [-0.4, -0.2) is 122 Å². The second-order valence-corrected chi connectivity index (χ2v) is 15.2. The third-order valence-corrected chi connectivity index (χ3v) is 10.5. The highest BCUT2D eigenvalue weighted by atomic mass is 32.2. The maximum absolute atomic E-state index is 13.0. The van der Waals surface area contributed by atoms with Gasteiger partial charge in [0.05, 0.1) is 52.0 Å². The largest absolute Gasteiger partial charge is 0.377 e. The predicted molar refractivity (Wildman–Crippen MR) is 210 cm³/mol. The average molecular weight is 805 g/mol. The van der Waals surface area contributed by atoms with Gasteiger partial charge in [0.15, 0.2) is 0 Å². The number of piperidine rings is 2. The van der Waals surface area contributed by atoms with Crippen LogP contribution in [0.5, 0.6) is 0 Å². The molecule has 2 aromatic carbocycles. The number of carbonyl (C=O) groups is 5. The van der Waals surface area contributed by atoms with Gasteiger partial charge in [0.2, 0.25) is 23.6 Å². The Kier molecular flexibility index (Phi) is 14.6. The van der Waals surface area contributed by atoms with E-state index in [2.05, 4.69) is 37.7 Å². The van der Waals surface area contributed by atoms with E-state index in [4.69, 9.17) is 24.7 Å². The number of anilines is 3. The first-order valence-corrected chi connectivity index (χ1v) is 19.7. The number of aromatic nitrogens is 2. The van der Waals surface area contributed by atoms with Crippen molar-refractivity contribution in [2.45, 2.75) is 60.7 Å². The highest BCUT2D eigenvalue weighted by Crippen LogP contribution is 2.33. The summed E-state index contributed by atoms with van der Waals surface area (Å²) in [5.41, 5.74) is 8.24. The zero-order valence-electron chi connectivity index (χ0n) is 31.8. The number of hydrogen-bond acceptors (Lipinski definition) is 14. The van der Waals surface area contributed by atoms with Crippen molar-refractivity contribution < 1.29 is 42.9 Å². The van der Waals surface area contributed by atoms with Gasteiger partial charge in [-0.3, -0.25) is 29.3 Å². The number of benzene rings is 2. The number of imide groups is 1. The summed E-state index contributed by atoms with van der Waals surface area (Å²) in [6, 6.07) is 11.7. The fourth-order valence-corrected chi connectivity index (χ4v) is 7.29. The lowest BCUT2D eigenvalue weighted by atomic mass is 9.91. The van der Waals surface area contributed by atoms with Gasteiger partial charge in [0.25, 0.3) is 5.91 Å². The Morgan fingerprint density at radius 2 is 1.56 bits per heavy atom. The normalized spacial score (nSPS) is 17.6. The topological polar surface area (TPSA) is 217 Å². The Balaban J connectivity index is 0.778. The van der Waals surface area contributed by atoms with Crippen molar-refractivity contribution in [1.82, 2.24) is 20.2 Å². The molecular formula is C39H48N8O9S. The predicted octanol–water partition coefficient (Wildman–Crippen LogP) is 2.35. The van der Waals surface area contributed by atoms with Crippen LogP contribution < -0.4 is 26.6 Å². The molecule has 2 fully saturated rings. The maximum Gasteiger partial charge on any atom is 0.255 e. The van der Waals surface area contributed by atoms with Crippen LogP contribution in [0.25, 0.3) is 0 Å². The molecule has 0 saturated carbocycles. The number of nitrogens with two attached hydrogens (primary N) is 1. The smallest absolute Gasteiger partial charge is 0.255 e. The molecule has 3 aliphatic rings. The van der Waals surface area contributed by atoms with Crippen molar-refractivity contribution in [2.24, 2.45) is 5.73 Å². The van der Waals surface area contributed by atoms with Gasteiger partial charge in [-0.1, -0.05) is 23.9 Å². The standard InChI is InChI=1S/C39H48N8O9S/c1-39(40)10-12-46(13-11-39)32-21-42-36(22-41-32)57-27-5-2-4-26(20-27)43-34(49)24-55-18-16-53-14-15-54-17-19-56-25-35(50)44-30-7-3-6-28-29(30)23-47(38(28)52)31-8-9-33(48)45-37(31)51/h2-7,20-22,31H,8-19,23-25,40H2,1H3,(H,43,49)(H,44,50)(H,45,48,51). The summed E-state index contributed by atoms with van der Waals surface area (Å²) >= 11 is 1.46. The van der Waals surface area contributed by atoms with Crippen LogP contribution in [0.1, 0.15) is 48.5 Å². The molecule has 0 spiro atoms. The van der Waals surface area contributed by atoms with Crippen molar-refractivity contribution in [3.05, 3.63) is 66.0 Å². The molecule has 5 N–H and O–H groups in total. The van der Waals surface area contributed by atoms with Crippen LogP contribution in [0.2, 0.25) is 0 Å². The molecule has 18 heteroatoms. The zero-order valence-corrected chi connectivity index (χ0v) is 32.6. The van der Waals surface area contributed by atoms with Gasteiger partial charge in [0.1, 0.15) is 30.1 Å². The van der Waals surface area contributed by atoms with E-state index in [0.717, 1.165) is 41.7 Å². The lowest BCUT2D eigenvalue weighted by Crippen LogP contribution is -2.52. The first kappa shape index (κ1) is 41.6. The van der Waals surface area contributed by atoms with Crippen molar-refractivity contribution >= 4 is 58.5 Å². The Labute approximate surface area is 334 Å². The minimum atomic E-state index is -0.742. The summed E-state index contributed by atoms with van der Waals surface area (Å²) in [5, 5.41) is 8.65. The Bertz CT molecular complexity index is 1900. The van der Waals surface area contributed by atoms with E-state index >= 15 is 0 Å². The highest BCUT2D eigenvalue weighted by Gasteiger charge is 2.40. The number of hydrogen-bond donors (Lipinski definition) is 4. The lowest BCUT2D eigenvalue weighted by molar-refractivity contribution is -0.137. The molecular weight excluding hydrogens is 757 g/mol. The summed E-state index contributed by atoms with van der Waals surface area (Å²) in [6.07, 6.45) is 5.78. The molecule has 304 valence electrons. The van der Waals surface area contributed by atoms with Crippen LogP contribution in [0.4, 0.5) is 17.2 Å². The number of carbonyl (C=O) groups excluding carboxylic acids is 5. The van der Waals surface area contributed by atoms with E-state index in [1.54, 1.807) is 30.6 Å². The fourth-order valence-electron chi connectivity index (χ4n) is 6.50. The Hall–Kier alpha value is -4.98. The summed E-state index contributed by atoms with van der Waals surface area (Å²) in [6.45, 7) is 5.15. The first-order valence-electron chi connectivity index (χ1n) is 18.9. The van der Waals surface area contributed by atoms with E-state index in [9.17, 15) is 24.0 Å². The molecule has 17 nitrogen and oxygen atoms in total. The van der Waals surface area contributed by atoms with Crippen LogP contribution in [0, 0.1) is 0 Å². The number of rotatable bonds is 19. The summed E-state index contributed by atoms with van der Waals surface area (Å²) in [4.78, 5) is 75.6. The molecule has 5 amide bonds. The van der Waals surface area contributed by atoms with Crippen molar-refractivity contribution in [1.29, 1.82) is 0 Å². The van der Waals surface area contributed by atoms with Crippen LogP contribution >= 0.6 is 11.8 Å². The number of fused-ring (bicyclic) bond motifs is 1. The van der Waals surface area contributed by atoms with Gasteiger partial charge in [-0.15, -0.1) is 0 Å². The molecule has 0 radical (unpaired) electrons. The Morgan fingerprint density at radius 1 is 0.895 bits per heavy atom. The number of ether oxygens (including phenoxy) is 4. The highest BCUT2D eigenvalue weighted by molar-refractivity contribution is 7.99. The van der Waals surface area contributed by atoms with Crippen LogP contribution in [-0.2, 0) is 44.7 Å². The van der Waals surface area contributed by atoms with E-state index in [-0.39, 0.29) is 82.3 Å². The first-order chi connectivity index (χ1) is 27.5. The van der Waals surface area contributed by atoms with E-state index in [0.29, 0.717) is 35.7 Å². The molecule has 0 bridgehead atoms. The number of amides is 5. The minimum absolute atomic E-state index is 0.124. The quantitative estimate of drug-likeness (QED) is 0.101. The number of nitrogens with one attached hydrogen (secondary N) is 3. The summed E-state index contributed by atoms with van der Waals surface area (Å²) in [5.74, 6) is -1.01. The third-order valence-electron chi connectivity index (χ3n) is 9.62. The van der Waals surface area contributed by atoms with Crippen molar-refractivity contribution in [3.63, 3.8) is 0 Å². The molecule has 1 unspecified atom stereocenters. The van der Waals surface area contributed by atoms with Gasteiger partial charge in [-0.25, -0.2) is 9.97 Å². The molecule has 1 atom stereocenters. The van der Waals surface area contributed by atoms with Crippen molar-refractivity contribution in [2.75, 3.05) is 81.5 Å². The molecule has 2 saturated heterocycles. The van der Waals surface area contributed by atoms with Gasteiger partial charge in [0, 0.05) is 59.0 Å². The average Bonchev–Trinajstić information content (AvgIpc) is 3.52. The summed E-state index contributed by atoms with van der Waals surface area (Å²) in [7, 11) is 0. The molecule has 57 heavy (non-hydrogen) atoms. The second-order valence-electron chi connectivity index (χ2n) is 14.1. The van der Waals surface area contributed by atoms with E-state index in [1.165, 1.54) is 16.7 Å². The SMILES string of the molecule is CC1(N)CCN(c2cnc(Sc3cccc(NC(=O)COCCOCCOCCOCC(=O)Nc4cccc5c4CN(C4CCC(=O)NC4=O)C5=O)c3)cn2)CC1. The maximum atomic E-state index is 13.0. The molecule has 4 heterocycles. The van der Waals surface area contributed by atoms with Crippen LogP contribution in [0.15, 0.2) is 64.8 Å². The van der Waals surface area contributed by atoms with Gasteiger partial charge in [-0.2, -0.15) is 0 Å². The van der Waals surface area contributed by atoms with Gasteiger partial charge >= 0.3 is 0 Å². The zero-order chi connectivity index (χ0) is 40.2. The molecule has 3 aromatic rings. The molecule has 1 aromatic heterocycles. The summed E-state index contributed by atoms with van der Waals surface area (Å²) < 4.78 is 21.9. The van der Waals surface area contributed by atoms with E-state index < -0.39 is 17.9 Å². The Morgan fingerprint density at radius 3 is 2.23 bits per heavy atom.